The van der Waals surface area contributed by atoms with Gasteiger partial charge in [0.2, 0.25) is 0 Å². The number of fused-ring (bicyclic) bond motifs is 1. The summed E-state index contributed by atoms with van der Waals surface area (Å²) in [6.07, 6.45) is 9.34. The first-order chi connectivity index (χ1) is 14.4. The lowest BCUT2D eigenvalue weighted by molar-refractivity contribution is -0.00417. The van der Waals surface area contributed by atoms with Crippen LogP contribution < -0.4 is 0 Å². The fourth-order valence-corrected chi connectivity index (χ4v) is 6.72. The van der Waals surface area contributed by atoms with Crippen LogP contribution in [0.5, 0.6) is 0 Å². The Labute approximate surface area is 188 Å². The van der Waals surface area contributed by atoms with E-state index in [9.17, 15) is 19.7 Å². The van der Waals surface area contributed by atoms with Crippen molar-refractivity contribution in [2.75, 3.05) is 0 Å². The molecule has 31 heavy (non-hydrogen) atoms. The van der Waals surface area contributed by atoms with Gasteiger partial charge in [0.15, 0.2) is 6.17 Å². The first-order valence-corrected chi connectivity index (χ1v) is 12.3. The van der Waals surface area contributed by atoms with Crippen LogP contribution in [0.1, 0.15) is 85.5 Å². The molecule has 0 aliphatic heterocycles. The molecule has 3 N–H and O–H groups in total. The molecule has 3 aliphatic carbocycles. The van der Waals surface area contributed by atoms with Crippen molar-refractivity contribution < 1.29 is 19.7 Å². The Bertz CT molecular complexity index is 718. The fraction of sp³-hybridized carbons (Fsp3) is 0.778. The average molecular weight is 435 g/mol. The van der Waals surface area contributed by atoms with Crippen molar-refractivity contribution in [3.63, 3.8) is 0 Å². The largest absolute Gasteiger partial charge is 0.390 e. The van der Waals surface area contributed by atoms with E-state index >= 15 is 0 Å². The first-order valence-electron chi connectivity index (χ1n) is 12.3. The third kappa shape index (κ3) is 5.34. The van der Waals surface area contributed by atoms with Gasteiger partial charge in [-0.25, -0.2) is 4.39 Å². The van der Waals surface area contributed by atoms with Gasteiger partial charge in [0.25, 0.3) is 0 Å². The van der Waals surface area contributed by atoms with E-state index in [1.165, 1.54) is 37.7 Å². The highest BCUT2D eigenvalue weighted by atomic mass is 19.1. The predicted octanol–water partition coefficient (Wildman–Crippen LogP) is 5.65. The Balaban J connectivity index is 1.71. The number of halogens is 1. The normalized spacial score (nSPS) is 40.4. The van der Waals surface area contributed by atoms with Gasteiger partial charge in [-0.15, -0.1) is 0 Å². The maximum atomic E-state index is 13.9. The molecule has 0 unspecified atom stereocenters. The van der Waals surface area contributed by atoms with Gasteiger partial charge in [0.05, 0.1) is 11.7 Å². The van der Waals surface area contributed by atoms with E-state index in [1.807, 2.05) is 19.9 Å². The second-order valence-corrected chi connectivity index (χ2v) is 11.4. The zero-order valence-electron chi connectivity index (χ0n) is 19.9. The number of allylic oxidation sites excluding steroid dienone is 3. The van der Waals surface area contributed by atoms with Crippen LogP contribution in [0.15, 0.2) is 35.5 Å². The predicted molar refractivity (Wildman–Crippen MR) is 124 cm³/mol. The molecule has 0 aromatic carbocycles. The molecular weight excluding hydrogens is 391 g/mol. The number of alkyl halides is 1. The lowest BCUT2D eigenvalue weighted by Crippen LogP contribution is -2.40. The van der Waals surface area contributed by atoms with Crippen LogP contribution in [0, 0.1) is 23.2 Å². The fourth-order valence-electron chi connectivity index (χ4n) is 6.72. The summed E-state index contributed by atoms with van der Waals surface area (Å²) in [6, 6.07) is 0. The molecule has 3 aliphatic rings. The van der Waals surface area contributed by atoms with Crippen LogP contribution >= 0.6 is 0 Å². The molecule has 0 radical (unpaired) electrons. The minimum absolute atomic E-state index is 0.212. The van der Waals surface area contributed by atoms with Crippen molar-refractivity contribution in [1.29, 1.82) is 0 Å². The summed E-state index contributed by atoms with van der Waals surface area (Å²) < 4.78 is 13.9. The summed E-state index contributed by atoms with van der Waals surface area (Å²) in [7, 11) is 0. The lowest BCUT2D eigenvalue weighted by atomic mass is 9.60. The molecule has 0 aromatic rings. The highest BCUT2D eigenvalue weighted by molar-refractivity contribution is 5.40. The van der Waals surface area contributed by atoms with Gasteiger partial charge in [-0.3, -0.25) is 0 Å². The molecule has 3 nitrogen and oxygen atoms in total. The number of aliphatic hydroxyl groups is 3. The van der Waals surface area contributed by atoms with E-state index in [2.05, 4.69) is 26.5 Å². The summed E-state index contributed by atoms with van der Waals surface area (Å²) in [5, 5.41) is 30.0. The number of rotatable bonds is 6. The summed E-state index contributed by atoms with van der Waals surface area (Å²) in [5.74, 6) is 1.93. The zero-order valence-corrected chi connectivity index (χ0v) is 19.9. The summed E-state index contributed by atoms with van der Waals surface area (Å²) in [6.45, 7) is 12.5. The molecule has 0 amide bonds. The molecular formula is C27H43FO3. The Hall–Kier alpha value is -0.970. The topological polar surface area (TPSA) is 60.7 Å². The van der Waals surface area contributed by atoms with E-state index in [0.717, 1.165) is 24.8 Å². The SMILES string of the molecule is C=C1/C(=C\C=C2/CCC[C@]3(C)[C@@H]([C@H](C)CCCC(C)(C)O)CC[C@@H]23)C[C@@H](O)[C@H](F)[C@@H]1O. The monoisotopic (exact) mass is 434 g/mol. The van der Waals surface area contributed by atoms with Crippen LogP contribution in [0.2, 0.25) is 0 Å². The molecule has 176 valence electrons. The van der Waals surface area contributed by atoms with Gasteiger partial charge in [0.1, 0.15) is 6.10 Å². The van der Waals surface area contributed by atoms with Crippen LogP contribution in [0.3, 0.4) is 0 Å². The molecule has 3 rings (SSSR count). The standard InChI is InChI=1S/C27H43FO3/c1-17(8-6-14-26(3,4)31)21-12-13-22-19(9-7-15-27(21,22)5)10-11-20-16-23(29)24(28)25(30)18(20)2/h10-11,17,21-25,29-31H,2,6-9,12-16H2,1,3-5H3/b19-10+,20-11-/t17-,21-,22+,23-,24+,25-,27-/m1/s1. The van der Waals surface area contributed by atoms with E-state index in [1.54, 1.807) is 0 Å². The minimum atomic E-state index is -1.65. The quantitative estimate of drug-likeness (QED) is 0.506. The van der Waals surface area contributed by atoms with Crippen molar-refractivity contribution in [2.45, 2.75) is 109 Å². The molecule has 0 aromatic heterocycles. The van der Waals surface area contributed by atoms with E-state index < -0.39 is 24.0 Å². The number of aliphatic hydroxyl groups excluding tert-OH is 2. The zero-order chi connectivity index (χ0) is 23.0. The second kappa shape index (κ2) is 9.49. The first kappa shape index (κ1) is 24.7. The van der Waals surface area contributed by atoms with Gasteiger partial charge in [-0.1, -0.05) is 51.0 Å². The van der Waals surface area contributed by atoms with E-state index in [4.69, 9.17) is 0 Å². The van der Waals surface area contributed by atoms with Gasteiger partial charge in [0, 0.05) is 6.42 Å². The minimum Gasteiger partial charge on any atom is -0.390 e. The molecule has 7 atom stereocenters. The Kier molecular flexibility index (Phi) is 7.55. The Morgan fingerprint density at radius 1 is 1.26 bits per heavy atom. The van der Waals surface area contributed by atoms with Crippen molar-refractivity contribution >= 4 is 0 Å². The molecule has 0 heterocycles. The van der Waals surface area contributed by atoms with Gasteiger partial charge < -0.3 is 15.3 Å². The van der Waals surface area contributed by atoms with Crippen molar-refractivity contribution in [1.82, 2.24) is 0 Å². The van der Waals surface area contributed by atoms with Crippen molar-refractivity contribution in [3.8, 4) is 0 Å². The molecule has 4 heteroatoms. The highest BCUT2D eigenvalue weighted by Crippen LogP contribution is 2.60. The summed E-state index contributed by atoms with van der Waals surface area (Å²) in [4.78, 5) is 0. The van der Waals surface area contributed by atoms with Crippen LogP contribution in [0.4, 0.5) is 4.39 Å². The number of hydrogen-bond acceptors (Lipinski definition) is 3. The van der Waals surface area contributed by atoms with Crippen LogP contribution in [-0.2, 0) is 0 Å². The van der Waals surface area contributed by atoms with E-state index in [-0.39, 0.29) is 6.42 Å². The van der Waals surface area contributed by atoms with Crippen molar-refractivity contribution in [3.05, 3.63) is 35.5 Å². The molecule has 0 saturated heterocycles. The summed E-state index contributed by atoms with van der Waals surface area (Å²) >= 11 is 0. The van der Waals surface area contributed by atoms with Crippen LogP contribution in [0.25, 0.3) is 0 Å². The lowest BCUT2D eigenvalue weighted by Gasteiger charge is -2.44. The third-order valence-corrected chi connectivity index (χ3v) is 8.54. The molecule has 0 bridgehead atoms. The smallest absolute Gasteiger partial charge is 0.156 e. The maximum Gasteiger partial charge on any atom is 0.156 e. The molecule has 3 fully saturated rings. The van der Waals surface area contributed by atoms with Gasteiger partial charge in [-0.2, -0.15) is 0 Å². The Morgan fingerprint density at radius 3 is 2.65 bits per heavy atom. The van der Waals surface area contributed by atoms with Gasteiger partial charge >= 0.3 is 0 Å². The average Bonchev–Trinajstić information content (AvgIpc) is 3.04. The summed E-state index contributed by atoms with van der Waals surface area (Å²) in [5.41, 5.74) is 2.36. The van der Waals surface area contributed by atoms with Gasteiger partial charge in [-0.05, 0) is 86.7 Å². The van der Waals surface area contributed by atoms with Crippen molar-refractivity contribution in [2.24, 2.45) is 23.2 Å². The number of hydrogen-bond donors (Lipinski definition) is 3. The molecule has 0 spiro atoms. The van der Waals surface area contributed by atoms with E-state index in [0.29, 0.717) is 28.7 Å². The highest BCUT2D eigenvalue weighted by Gasteiger charge is 2.50. The third-order valence-electron chi connectivity index (χ3n) is 8.54. The van der Waals surface area contributed by atoms with Crippen LogP contribution in [-0.4, -0.2) is 39.3 Å². The maximum absolute atomic E-state index is 13.9. The Morgan fingerprint density at radius 2 is 1.97 bits per heavy atom. The second-order valence-electron chi connectivity index (χ2n) is 11.4. The molecule has 3 saturated carbocycles.